The maximum Gasteiger partial charge on any atom is 0.280 e. The van der Waals surface area contributed by atoms with Gasteiger partial charge in [0.05, 0.1) is 10.5 Å². The molecule has 0 bridgehead atoms. The van der Waals surface area contributed by atoms with Gasteiger partial charge in [-0.05, 0) is 42.5 Å². The van der Waals surface area contributed by atoms with Gasteiger partial charge in [-0.2, -0.15) is 0 Å². The zero-order valence-electron chi connectivity index (χ0n) is 14.9. The molecule has 0 saturated heterocycles. The van der Waals surface area contributed by atoms with E-state index in [2.05, 4.69) is 5.32 Å². The molecule has 1 N–H and O–H groups in total. The smallest absolute Gasteiger partial charge is 0.280 e. The summed E-state index contributed by atoms with van der Waals surface area (Å²) in [5.74, 6) is 0.237. The van der Waals surface area contributed by atoms with Crippen LogP contribution in [0.5, 0.6) is 0 Å². The molecule has 3 aromatic rings. The van der Waals surface area contributed by atoms with Crippen molar-refractivity contribution in [2.24, 2.45) is 0 Å². The van der Waals surface area contributed by atoms with Crippen LogP contribution >= 0.6 is 0 Å². The van der Waals surface area contributed by atoms with Gasteiger partial charge in [0.15, 0.2) is 5.78 Å². The third-order valence-corrected chi connectivity index (χ3v) is 3.86. The minimum absolute atomic E-state index is 0.0572. The van der Waals surface area contributed by atoms with Crippen molar-refractivity contribution >= 4 is 29.1 Å². The number of carbonyl (C=O) groups excluding carboxylic acids is 2. The highest BCUT2D eigenvalue weighted by atomic mass is 16.6. The number of furan rings is 1. The molecule has 140 valence electrons. The van der Waals surface area contributed by atoms with Gasteiger partial charge < -0.3 is 9.73 Å². The van der Waals surface area contributed by atoms with Crippen molar-refractivity contribution in [2.75, 3.05) is 5.32 Å². The van der Waals surface area contributed by atoms with Crippen LogP contribution in [-0.4, -0.2) is 16.6 Å². The van der Waals surface area contributed by atoms with Crippen LogP contribution in [0.1, 0.15) is 23.0 Å². The van der Waals surface area contributed by atoms with Gasteiger partial charge in [0.2, 0.25) is 5.91 Å². The minimum atomic E-state index is -0.473. The van der Waals surface area contributed by atoms with Gasteiger partial charge in [0, 0.05) is 24.2 Å². The number of carbonyl (C=O) groups is 2. The Balaban J connectivity index is 1.79. The second-order valence-electron chi connectivity index (χ2n) is 5.94. The molecular weight excluding hydrogens is 360 g/mol. The number of nitro benzene ring substituents is 1. The summed E-state index contributed by atoms with van der Waals surface area (Å²) >= 11 is 0. The predicted octanol–water partition coefficient (Wildman–Crippen LogP) is 4.71. The van der Waals surface area contributed by atoms with Crippen LogP contribution in [0.4, 0.5) is 11.4 Å². The molecule has 0 fully saturated rings. The first-order chi connectivity index (χ1) is 13.4. The zero-order valence-corrected chi connectivity index (χ0v) is 14.9. The van der Waals surface area contributed by atoms with E-state index in [1.165, 1.54) is 25.1 Å². The van der Waals surface area contributed by atoms with Gasteiger partial charge in [-0.3, -0.25) is 19.7 Å². The number of benzene rings is 2. The highest BCUT2D eigenvalue weighted by molar-refractivity contribution is 6.07. The van der Waals surface area contributed by atoms with Crippen LogP contribution in [-0.2, 0) is 4.79 Å². The van der Waals surface area contributed by atoms with E-state index in [4.69, 9.17) is 4.42 Å². The summed E-state index contributed by atoms with van der Waals surface area (Å²) in [5, 5.41) is 13.8. The average Bonchev–Trinajstić information content (AvgIpc) is 3.14. The van der Waals surface area contributed by atoms with E-state index in [0.29, 0.717) is 28.3 Å². The van der Waals surface area contributed by atoms with Crippen molar-refractivity contribution in [1.29, 1.82) is 0 Å². The second-order valence-corrected chi connectivity index (χ2v) is 5.94. The molecule has 0 atom stereocenters. The SMILES string of the molecule is CC(=O)Nc1cccc(C(=O)/C=C/c2ccc(-c3ccccc3[N+](=O)[O-])o2)c1. The summed E-state index contributed by atoms with van der Waals surface area (Å²) in [4.78, 5) is 34.1. The molecule has 1 heterocycles. The molecule has 0 saturated carbocycles. The lowest BCUT2D eigenvalue weighted by Crippen LogP contribution is -2.06. The van der Waals surface area contributed by atoms with Gasteiger partial charge in [0.1, 0.15) is 11.5 Å². The molecule has 1 amide bonds. The summed E-state index contributed by atoms with van der Waals surface area (Å²) in [6, 6.07) is 16.1. The van der Waals surface area contributed by atoms with Crippen LogP contribution in [0.15, 0.2) is 71.2 Å². The quantitative estimate of drug-likeness (QED) is 0.290. The Morgan fingerprint density at radius 2 is 1.86 bits per heavy atom. The topological polar surface area (TPSA) is 102 Å². The number of allylic oxidation sites excluding steroid dienone is 1. The second kappa shape index (κ2) is 8.13. The number of anilines is 1. The molecule has 3 rings (SSSR count). The summed E-state index contributed by atoms with van der Waals surface area (Å²) in [6.07, 6.45) is 2.83. The number of hydrogen-bond donors (Lipinski definition) is 1. The molecule has 0 unspecified atom stereocenters. The number of nitro groups is 1. The number of hydrogen-bond acceptors (Lipinski definition) is 5. The van der Waals surface area contributed by atoms with Crippen LogP contribution in [0, 0.1) is 10.1 Å². The first kappa shape index (κ1) is 18.8. The van der Waals surface area contributed by atoms with Gasteiger partial charge >= 0.3 is 0 Å². The third kappa shape index (κ3) is 4.39. The number of nitrogens with one attached hydrogen (secondary N) is 1. The van der Waals surface area contributed by atoms with E-state index in [1.54, 1.807) is 54.6 Å². The first-order valence-corrected chi connectivity index (χ1v) is 8.38. The molecule has 7 heteroatoms. The van der Waals surface area contributed by atoms with Crippen molar-refractivity contribution in [3.05, 3.63) is 88.2 Å². The fourth-order valence-corrected chi connectivity index (χ4v) is 2.64. The monoisotopic (exact) mass is 376 g/mol. The van der Waals surface area contributed by atoms with E-state index in [1.807, 2.05) is 0 Å². The Morgan fingerprint density at radius 1 is 1.07 bits per heavy atom. The number of amides is 1. The van der Waals surface area contributed by atoms with Crippen molar-refractivity contribution in [3.63, 3.8) is 0 Å². The largest absolute Gasteiger partial charge is 0.456 e. The lowest BCUT2D eigenvalue weighted by atomic mass is 10.1. The van der Waals surface area contributed by atoms with Gasteiger partial charge in [-0.25, -0.2) is 0 Å². The molecule has 0 aliphatic heterocycles. The zero-order chi connectivity index (χ0) is 20.1. The van der Waals surface area contributed by atoms with Crippen LogP contribution in [0.25, 0.3) is 17.4 Å². The van der Waals surface area contributed by atoms with Crippen LogP contribution in [0.2, 0.25) is 0 Å². The Labute approximate surface area is 160 Å². The summed E-state index contributed by atoms with van der Waals surface area (Å²) in [6.45, 7) is 1.39. The average molecular weight is 376 g/mol. The molecule has 0 radical (unpaired) electrons. The predicted molar refractivity (Wildman–Crippen MR) is 105 cm³/mol. The van der Waals surface area contributed by atoms with E-state index in [9.17, 15) is 19.7 Å². The third-order valence-electron chi connectivity index (χ3n) is 3.86. The number of nitrogens with zero attached hydrogens (tertiary/aromatic N) is 1. The normalized spacial score (nSPS) is 10.8. The fourth-order valence-electron chi connectivity index (χ4n) is 2.64. The number of rotatable bonds is 6. The summed E-state index contributed by atoms with van der Waals surface area (Å²) < 4.78 is 5.62. The van der Waals surface area contributed by atoms with Gasteiger partial charge in [-0.15, -0.1) is 0 Å². The van der Waals surface area contributed by atoms with E-state index >= 15 is 0 Å². The van der Waals surface area contributed by atoms with E-state index in [0.717, 1.165) is 0 Å². The van der Waals surface area contributed by atoms with Gasteiger partial charge in [-0.1, -0.05) is 24.3 Å². The Morgan fingerprint density at radius 3 is 2.61 bits per heavy atom. The molecule has 1 aromatic heterocycles. The molecule has 0 aliphatic rings. The lowest BCUT2D eigenvalue weighted by Gasteiger charge is -2.03. The van der Waals surface area contributed by atoms with E-state index < -0.39 is 4.92 Å². The number of para-hydroxylation sites is 1. The lowest BCUT2D eigenvalue weighted by molar-refractivity contribution is -0.384. The molecular formula is C21H16N2O5. The molecule has 0 aliphatic carbocycles. The van der Waals surface area contributed by atoms with Crippen molar-refractivity contribution in [3.8, 4) is 11.3 Å². The fraction of sp³-hybridized carbons (Fsp3) is 0.0476. The highest BCUT2D eigenvalue weighted by Crippen LogP contribution is 2.31. The Kier molecular flexibility index (Phi) is 5.45. The van der Waals surface area contributed by atoms with Gasteiger partial charge in [0.25, 0.3) is 5.69 Å². The van der Waals surface area contributed by atoms with E-state index in [-0.39, 0.29) is 17.4 Å². The standard InChI is InChI=1S/C21H16N2O5/c1-14(24)22-16-6-4-5-15(13-16)20(25)11-9-17-10-12-21(28-17)18-7-2-3-8-19(18)23(26)27/h2-13H,1H3,(H,22,24)/b11-9+. The Hall–Kier alpha value is -4.00. The van der Waals surface area contributed by atoms with Crippen LogP contribution in [0.3, 0.4) is 0 Å². The van der Waals surface area contributed by atoms with Crippen molar-refractivity contribution in [2.45, 2.75) is 6.92 Å². The Bertz CT molecular complexity index is 1080. The summed E-state index contributed by atoms with van der Waals surface area (Å²) in [5.41, 5.74) is 1.25. The molecule has 28 heavy (non-hydrogen) atoms. The number of ketones is 1. The molecule has 7 nitrogen and oxygen atoms in total. The molecule has 2 aromatic carbocycles. The first-order valence-electron chi connectivity index (χ1n) is 8.38. The summed E-state index contributed by atoms with van der Waals surface area (Å²) in [7, 11) is 0. The maximum atomic E-state index is 12.3. The minimum Gasteiger partial charge on any atom is -0.456 e. The van der Waals surface area contributed by atoms with Crippen molar-refractivity contribution < 1.29 is 18.9 Å². The van der Waals surface area contributed by atoms with Crippen molar-refractivity contribution in [1.82, 2.24) is 0 Å². The highest BCUT2D eigenvalue weighted by Gasteiger charge is 2.16. The maximum absolute atomic E-state index is 12.3. The molecule has 0 spiro atoms. The van der Waals surface area contributed by atoms with Crippen LogP contribution < -0.4 is 5.32 Å².